The second-order valence-electron chi connectivity index (χ2n) is 7.39. The van der Waals surface area contributed by atoms with Gasteiger partial charge in [-0.1, -0.05) is 12.1 Å². The van der Waals surface area contributed by atoms with Gasteiger partial charge in [0.25, 0.3) is 0 Å². The van der Waals surface area contributed by atoms with Crippen molar-refractivity contribution in [1.82, 2.24) is 20.5 Å². The van der Waals surface area contributed by atoms with Gasteiger partial charge in [-0.15, -0.1) is 0 Å². The van der Waals surface area contributed by atoms with Crippen LogP contribution in [0.25, 0.3) is 10.9 Å². The highest BCUT2D eigenvalue weighted by Crippen LogP contribution is 2.22. The molecule has 1 heterocycles. The Hall–Kier alpha value is -3.06. The Morgan fingerprint density at radius 1 is 1.20 bits per heavy atom. The van der Waals surface area contributed by atoms with Gasteiger partial charge in [-0.3, -0.25) is 4.99 Å². The molecule has 0 bridgehead atoms. The van der Waals surface area contributed by atoms with E-state index in [1.165, 1.54) is 11.6 Å². The van der Waals surface area contributed by atoms with E-state index in [9.17, 15) is 4.39 Å². The number of ether oxygens (including phenoxy) is 1. The summed E-state index contributed by atoms with van der Waals surface area (Å²) in [5.74, 6) is 1.36. The fourth-order valence-electron chi connectivity index (χ4n) is 3.53. The van der Waals surface area contributed by atoms with Crippen LogP contribution in [-0.4, -0.2) is 57.2 Å². The van der Waals surface area contributed by atoms with Gasteiger partial charge in [-0.05, 0) is 62.0 Å². The molecule has 2 aromatic carbocycles. The quantitative estimate of drug-likeness (QED) is 0.393. The van der Waals surface area contributed by atoms with Crippen LogP contribution in [0.4, 0.5) is 4.39 Å². The molecule has 7 heteroatoms. The fourth-order valence-corrected chi connectivity index (χ4v) is 3.53. The molecule has 6 nitrogen and oxygen atoms in total. The van der Waals surface area contributed by atoms with E-state index in [4.69, 9.17) is 4.74 Å². The highest BCUT2D eigenvalue weighted by Gasteiger charge is 2.15. The van der Waals surface area contributed by atoms with Crippen LogP contribution >= 0.6 is 0 Å². The van der Waals surface area contributed by atoms with E-state index >= 15 is 0 Å². The number of aromatic amines is 1. The molecule has 0 saturated carbocycles. The zero-order chi connectivity index (χ0) is 21.5. The van der Waals surface area contributed by atoms with Crippen LogP contribution in [0.1, 0.15) is 17.2 Å². The number of halogens is 1. The van der Waals surface area contributed by atoms with Crippen molar-refractivity contribution < 1.29 is 9.13 Å². The van der Waals surface area contributed by atoms with Gasteiger partial charge in [0.15, 0.2) is 5.96 Å². The second kappa shape index (κ2) is 10.1. The maximum Gasteiger partial charge on any atom is 0.191 e. The summed E-state index contributed by atoms with van der Waals surface area (Å²) in [6, 6.07) is 13.1. The monoisotopic (exact) mass is 411 g/mol. The Kier molecular flexibility index (Phi) is 7.30. The van der Waals surface area contributed by atoms with Crippen molar-refractivity contribution in [2.45, 2.75) is 12.5 Å². The molecular formula is C23H30FN5O. The molecule has 0 aliphatic heterocycles. The van der Waals surface area contributed by atoms with Crippen molar-refractivity contribution in [3.63, 3.8) is 0 Å². The zero-order valence-corrected chi connectivity index (χ0v) is 18.0. The molecule has 3 aromatic rings. The molecule has 0 spiro atoms. The lowest BCUT2D eigenvalue weighted by Crippen LogP contribution is -2.42. The topological polar surface area (TPSA) is 64.7 Å². The summed E-state index contributed by atoms with van der Waals surface area (Å²) in [4.78, 5) is 9.68. The number of guanidine groups is 1. The van der Waals surface area contributed by atoms with Gasteiger partial charge < -0.3 is 25.3 Å². The largest absolute Gasteiger partial charge is 0.497 e. The Bertz CT molecular complexity index is 998. The molecule has 1 atom stereocenters. The normalized spacial score (nSPS) is 12.9. The molecule has 0 aliphatic carbocycles. The first-order valence-electron chi connectivity index (χ1n) is 10.0. The summed E-state index contributed by atoms with van der Waals surface area (Å²) in [5.41, 5.74) is 3.19. The summed E-state index contributed by atoms with van der Waals surface area (Å²) < 4.78 is 18.9. The molecule has 0 radical (unpaired) electrons. The number of nitrogens with one attached hydrogen (secondary N) is 3. The van der Waals surface area contributed by atoms with E-state index in [1.54, 1.807) is 26.3 Å². The van der Waals surface area contributed by atoms with Crippen LogP contribution in [-0.2, 0) is 6.42 Å². The number of likely N-dealkylation sites (N-methyl/N-ethyl adjacent to an activating group) is 1. The predicted molar refractivity (Wildman–Crippen MR) is 121 cm³/mol. The third-order valence-corrected chi connectivity index (χ3v) is 5.20. The Labute approximate surface area is 177 Å². The molecule has 1 aromatic heterocycles. The van der Waals surface area contributed by atoms with Crippen LogP contribution in [0.15, 0.2) is 53.7 Å². The first-order chi connectivity index (χ1) is 14.5. The number of aliphatic imine (C=N–C) groups is 1. The van der Waals surface area contributed by atoms with Gasteiger partial charge >= 0.3 is 0 Å². The van der Waals surface area contributed by atoms with E-state index in [1.807, 2.05) is 18.3 Å². The molecule has 30 heavy (non-hydrogen) atoms. The Balaban J connectivity index is 1.57. The van der Waals surface area contributed by atoms with Crippen molar-refractivity contribution in [3.05, 3.63) is 65.6 Å². The highest BCUT2D eigenvalue weighted by atomic mass is 19.1. The Morgan fingerprint density at radius 2 is 2.03 bits per heavy atom. The fraction of sp³-hybridized carbons (Fsp3) is 0.348. The third kappa shape index (κ3) is 5.30. The lowest BCUT2D eigenvalue weighted by Gasteiger charge is -2.26. The van der Waals surface area contributed by atoms with Crippen LogP contribution < -0.4 is 15.4 Å². The molecule has 3 rings (SSSR count). The SMILES string of the molecule is CN=C(NCCc1c[nH]c2ccc(F)cc12)NCC(c1cccc(OC)c1)N(C)C. The number of rotatable bonds is 8. The predicted octanol–water partition coefficient (Wildman–Crippen LogP) is 3.33. The smallest absolute Gasteiger partial charge is 0.191 e. The van der Waals surface area contributed by atoms with Crippen molar-refractivity contribution in [1.29, 1.82) is 0 Å². The highest BCUT2D eigenvalue weighted by molar-refractivity contribution is 5.83. The number of hydrogen-bond donors (Lipinski definition) is 3. The summed E-state index contributed by atoms with van der Waals surface area (Å²) in [6.45, 7) is 1.38. The standard InChI is InChI=1S/C23H30FN5O/c1-25-23(26-11-10-17-14-27-21-9-8-18(24)13-20(17)21)28-15-22(29(2)3)16-6-5-7-19(12-16)30-4/h5-9,12-14,22,27H,10-11,15H2,1-4H3,(H2,25,26,28). The average molecular weight is 412 g/mol. The minimum absolute atomic E-state index is 0.162. The summed E-state index contributed by atoms with van der Waals surface area (Å²) in [6.07, 6.45) is 2.70. The lowest BCUT2D eigenvalue weighted by atomic mass is 10.1. The van der Waals surface area contributed by atoms with E-state index in [-0.39, 0.29) is 11.9 Å². The lowest BCUT2D eigenvalue weighted by molar-refractivity contribution is 0.297. The molecule has 160 valence electrons. The second-order valence-corrected chi connectivity index (χ2v) is 7.39. The zero-order valence-electron chi connectivity index (χ0n) is 18.0. The van der Waals surface area contributed by atoms with Crippen molar-refractivity contribution in [2.24, 2.45) is 4.99 Å². The summed E-state index contributed by atoms with van der Waals surface area (Å²) >= 11 is 0. The van der Waals surface area contributed by atoms with E-state index in [0.29, 0.717) is 13.1 Å². The molecule has 0 fully saturated rings. The number of benzene rings is 2. The molecular weight excluding hydrogens is 381 g/mol. The van der Waals surface area contributed by atoms with Crippen LogP contribution in [0.2, 0.25) is 0 Å². The molecule has 3 N–H and O–H groups in total. The van der Waals surface area contributed by atoms with E-state index < -0.39 is 0 Å². The van der Waals surface area contributed by atoms with Gasteiger partial charge in [-0.2, -0.15) is 0 Å². The minimum Gasteiger partial charge on any atom is -0.497 e. The van der Waals surface area contributed by atoms with E-state index in [2.05, 4.69) is 51.7 Å². The molecule has 1 unspecified atom stereocenters. The first kappa shape index (κ1) is 21.6. The summed E-state index contributed by atoms with van der Waals surface area (Å²) in [7, 11) is 7.54. The number of H-pyrrole nitrogens is 1. The maximum absolute atomic E-state index is 13.6. The van der Waals surface area contributed by atoms with Crippen molar-refractivity contribution in [2.75, 3.05) is 41.3 Å². The maximum atomic E-state index is 13.6. The minimum atomic E-state index is -0.221. The van der Waals surface area contributed by atoms with Crippen LogP contribution in [0.3, 0.4) is 0 Å². The Morgan fingerprint density at radius 3 is 2.77 bits per heavy atom. The number of hydrogen-bond acceptors (Lipinski definition) is 3. The molecule has 0 saturated heterocycles. The number of fused-ring (bicyclic) bond motifs is 1. The van der Waals surface area contributed by atoms with E-state index in [0.717, 1.165) is 34.6 Å². The van der Waals surface area contributed by atoms with Crippen molar-refractivity contribution >= 4 is 16.9 Å². The van der Waals surface area contributed by atoms with Gasteiger partial charge in [0, 0.05) is 37.2 Å². The van der Waals surface area contributed by atoms with Crippen molar-refractivity contribution in [3.8, 4) is 5.75 Å². The van der Waals surface area contributed by atoms with Gasteiger partial charge in [0.2, 0.25) is 0 Å². The third-order valence-electron chi connectivity index (χ3n) is 5.20. The average Bonchev–Trinajstić information content (AvgIpc) is 3.14. The number of methoxy groups -OCH3 is 1. The van der Waals surface area contributed by atoms with Crippen LogP contribution in [0, 0.1) is 5.82 Å². The molecule has 0 aliphatic rings. The van der Waals surface area contributed by atoms with Gasteiger partial charge in [-0.25, -0.2) is 4.39 Å². The van der Waals surface area contributed by atoms with Gasteiger partial charge in [0.1, 0.15) is 11.6 Å². The summed E-state index contributed by atoms with van der Waals surface area (Å²) in [5, 5.41) is 7.67. The number of nitrogens with zero attached hydrogens (tertiary/aromatic N) is 2. The van der Waals surface area contributed by atoms with Gasteiger partial charge in [0.05, 0.1) is 13.2 Å². The number of aromatic nitrogens is 1. The first-order valence-corrected chi connectivity index (χ1v) is 10.0. The molecule has 0 amide bonds. The van der Waals surface area contributed by atoms with Crippen LogP contribution in [0.5, 0.6) is 5.75 Å².